The monoisotopic (exact) mass is 482 g/mol. The third kappa shape index (κ3) is 2.86. The number of benzene rings is 3. The number of halogens is 1. The van der Waals surface area contributed by atoms with Gasteiger partial charge in [-0.25, -0.2) is 4.39 Å². The first-order valence-electron chi connectivity index (χ1n) is 11.9. The van der Waals surface area contributed by atoms with Crippen LogP contribution in [0.4, 0.5) is 10.1 Å². The lowest BCUT2D eigenvalue weighted by Crippen LogP contribution is -2.53. The highest BCUT2D eigenvalue weighted by atomic mass is 19.1. The molecule has 2 aliphatic rings. The number of para-hydroxylation sites is 1. The molecule has 0 aliphatic carbocycles. The topological polar surface area (TPSA) is 70.8 Å². The molecule has 0 bridgehead atoms. The van der Waals surface area contributed by atoms with E-state index in [-0.39, 0.29) is 35.7 Å². The van der Waals surface area contributed by atoms with E-state index in [9.17, 15) is 18.8 Å². The summed E-state index contributed by atoms with van der Waals surface area (Å²) in [6, 6.07) is 18.4. The molecular formula is C29H23FN2O4. The molecular weight excluding hydrogens is 459 g/mol. The van der Waals surface area contributed by atoms with Crippen molar-refractivity contribution in [2.75, 3.05) is 11.4 Å². The standard InChI is InChI=1S/C29H23FN2O4/c1-3-14-32-27(34)26-24(25(33)20-15-17(2)8-13-23(20)36-26)29(32)21-6-4-5-7-22(21)31(28(29)35)16-18-9-11-19(30)12-10-18/h4-13,15H,3,14,16H2,1-2H3. The maximum atomic E-state index is 14.5. The van der Waals surface area contributed by atoms with E-state index in [0.29, 0.717) is 28.6 Å². The molecule has 0 saturated heterocycles. The van der Waals surface area contributed by atoms with Crippen molar-refractivity contribution in [2.45, 2.75) is 32.4 Å². The van der Waals surface area contributed by atoms with Gasteiger partial charge in [-0.3, -0.25) is 14.4 Å². The number of nitrogens with zero attached hydrogens (tertiary/aromatic N) is 2. The van der Waals surface area contributed by atoms with E-state index in [1.165, 1.54) is 17.0 Å². The van der Waals surface area contributed by atoms with Crippen LogP contribution in [0.15, 0.2) is 75.9 Å². The molecule has 0 fully saturated rings. The molecule has 6 nitrogen and oxygen atoms in total. The van der Waals surface area contributed by atoms with E-state index in [0.717, 1.165) is 11.1 Å². The molecule has 2 amide bonds. The summed E-state index contributed by atoms with van der Waals surface area (Å²) in [7, 11) is 0. The maximum absolute atomic E-state index is 14.5. The second-order valence-electron chi connectivity index (χ2n) is 9.34. The van der Waals surface area contributed by atoms with Crippen LogP contribution in [-0.2, 0) is 16.9 Å². The van der Waals surface area contributed by atoms with Crippen molar-refractivity contribution in [3.8, 4) is 0 Å². The minimum Gasteiger partial charge on any atom is -0.450 e. The highest BCUT2D eigenvalue weighted by Crippen LogP contribution is 2.52. The molecule has 1 atom stereocenters. The SMILES string of the molecule is CCCN1C(=O)c2oc3ccc(C)cc3c(=O)c2C12C(=O)N(Cc1ccc(F)cc1)c1ccccc12. The van der Waals surface area contributed by atoms with Crippen molar-refractivity contribution in [2.24, 2.45) is 0 Å². The zero-order valence-corrected chi connectivity index (χ0v) is 19.9. The molecule has 2 aliphatic heterocycles. The number of rotatable bonds is 4. The quantitative estimate of drug-likeness (QED) is 0.415. The van der Waals surface area contributed by atoms with E-state index in [2.05, 4.69) is 0 Å². The van der Waals surface area contributed by atoms with Crippen molar-refractivity contribution >= 4 is 28.5 Å². The van der Waals surface area contributed by atoms with Crippen LogP contribution in [0.25, 0.3) is 11.0 Å². The summed E-state index contributed by atoms with van der Waals surface area (Å²) in [6.07, 6.45) is 0.585. The number of hydrogen-bond acceptors (Lipinski definition) is 4. The zero-order chi connectivity index (χ0) is 25.2. The summed E-state index contributed by atoms with van der Waals surface area (Å²) in [5.41, 5.74) is 1.14. The van der Waals surface area contributed by atoms with Gasteiger partial charge >= 0.3 is 0 Å². The summed E-state index contributed by atoms with van der Waals surface area (Å²) in [6.45, 7) is 4.22. The van der Waals surface area contributed by atoms with Gasteiger partial charge in [0.05, 0.1) is 23.2 Å². The summed E-state index contributed by atoms with van der Waals surface area (Å²) < 4.78 is 19.6. The Kier molecular flexibility index (Phi) is 4.86. The molecule has 1 spiro atoms. The fourth-order valence-electron chi connectivity index (χ4n) is 5.56. The van der Waals surface area contributed by atoms with Gasteiger partial charge in [-0.15, -0.1) is 0 Å². The molecule has 1 unspecified atom stereocenters. The van der Waals surface area contributed by atoms with Crippen molar-refractivity contribution in [3.05, 3.63) is 111 Å². The van der Waals surface area contributed by atoms with E-state index in [1.54, 1.807) is 41.3 Å². The van der Waals surface area contributed by atoms with E-state index >= 15 is 0 Å². The first kappa shape index (κ1) is 22.2. The predicted octanol–water partition coefficient (Wildman–Crippen LogP) is 4.90. The van der Waals surface area contributed by atoms with Crippen molar-refractivity contribution in [1.29, 1.82) is 0 Å². The van der Waals surface area contributed by atoms with Crippen molar-refractivity contribution in [1.82, 2.24) is 4.90 Å². The Balaban J connectivity index is 1.65. The van der Waals surface area contributed by atoms with Crippen LogP contribution in [-0.4, -0.2) is 23.3 Å². The number of carbonyl (C=O) groups is 2. The third-order valence-corrected chi connectivity index (χ3v) is 7.09. The summed E-state index contributed by atoms with van der Waals surface area (Å²) in [4.78, 5) is 45.3. The average Bonchev–Trinajstić information content (AvgIpc) is 3.26. The number of fused-ring (bicyclic) bond motifs is 5. The molecule has 0 radical (unpaired) electrons. The van der Waals surface area contributed by atoms with Gasteiger partial charge in [-0.1, -0.05) is 48.9 Å². The third-order valence-electron chi connectivity index (χ3n) is 7.09. The first-order valence-corrected chi connectivity index (χ1v) is 11.9. The maximum Gasteiger partial charge on any atom is 0.291 e. The Morgan fingerprint density at radius 1 is 0.972 bits per heavy atom. The van der Waals surface area contributed by atoms with Gasteiger partial charge in [0, 0.05) is 12.1 Å². The van der Waals surface area contributed by atoms with Gasteiger partial charge < -0.3 is 14.2 Å². The van der Waals surface area contributed by atoms with E-state index < -0.39 is 17.4 Å². The van der Waals surface area contributed by atoms with Crippen LogP contribution < -0.4 is 10.3 Å². The molecule has 6 rings (SSSR count). The summed E-state index contributed by atoms with van der Waals surface area (Å²) in [5.74, 6) is -1.32. The molecule has 4 aromatic rings. The van der Waals surface area contributed by atoms with Gasteiger partial charge in [-0.2, -0.15) is 0 Å². The van der Waals surface area contributed by atoms with Gasteiger partial charge in [0.2, 0.25) is 5.76 Å². The van der Waals surface area contributed by atoms with Crippen LogP contribution in [0.1, 0.15) is 46.2 Å². The highest BCUT2D eigenvalue weighted by Gasteiger charge is 2.64. The molecule has 7 heteroatoms. The first-order chi connectivity index (χ1) is 17.4. The smallest absolute Gasteiger partial charge is 0.291 e. The number of carbonyl (C=O) groups excluding carboxylic acids is 2. The number of hydrogen-bond donors (Lipinski definition) is 0. The fraction of sp³-hybridized carbons (Fsp3) is 0.207. The minimum absolute atomic E-state index is 0.0677. The van der Waals surface area contributed by atoms with Crippen LogP contribution in [0, 0.1) is 12.7 Å². The number of amides is 2. The average molecular weight is 483 g/mol. The van der Waals surface area contributed by atoms with Crippen LogP contribution >= 0.6 is 0 Å². The van der Waals surface area contributed by atoms with E-state index in [1.807, 2.05) is 32.0 Å². The van der Waals surface area contributed by atoms with Crippen LogP contribution in [0.3, 0.4) is 0 Å². The van der Waals surface area contributed by atoms with Crippen molar-refractivity contribution < 1.29 is 18.4 Å². The van der Waals surface area contributed by atoms with Crippen LogP contribution in [0.5, 0.6) is 0 Å². The summed E-state index contributed by atoms with van der Waals surface area (Å²) >= 11 is 0. The van der Waals surface area contributed by atoms with E-state index in [4.69, 9.17) is 4.42 Å². The highest BCUT2D eigenvalue weighted by molar-refractivity contribution is 6.17. The fourth-order valence-corrected chi connectivity index (χ4v) is 5.56. The van der Waals surface area contributed by atoms with Gasteiger partial charge in [-0.05, 0) is 49.2 Å². The molecule has 0 N–H and O–H groups in total. The number of aryl methyl sites for hydroxylation is 1. The van der Waals surface area contributed by atoms with Crippen LogP contribution in [0.2, 0.25) is 0 Å². The van der Waals surface area contributed by atoms with Gasteiger partial charge in [0.1, 0.15) is 11.4 Å². The minimum atomic E-state index is -1.63. The van der Waals surface area contributed by atoms with Gasteiger partial charge in [0.15, 0.2) is 11.0 Å². The molecule has 1 aromatic heterocycles. The second-order valence-corrected chi connectivity index (χ2v) is 9.34. The molecule has 0 saturated carbocycles. The lowest BCUT2D eigenvalue weighted by Gasteiger charge is -2.34. The number of anilines is 1. The predicted molar refractivity (Wildman–Crippen MR) is 133 cm³/mol. The normalized spacial score (nSPS) is 18.4. The Labute approximate surface area is 206 Å². The molecule has 3 heterocycles. The molecule has 3 aromatic carbocycles. The Morgan fingerprint density at radius 2 is 1.72 bits per heavy atom. The second kappa shape index (κ2) is 7.88. The lowest BCUT2D eigenvalue weighted by molar-refractivity contribution is -0.126. The Morgan fingerprint density at radius 3 is 2.47 bits per heavy atom. The zero-order valence-electron chi connectivity index (χ0n) is 19.9. The largest absolute Gasteiger partial charge is 0.450 e. The molecule has 36 heavy (non-hydrogen) atoms. The Bertz CT molecular complexity index is 1630. The Hall–Kier alpha value is -4.26. The summed E-state index contributed by atoms with van der Waals surface area (Å²) in [5, 5.41) is 0.335. The van der Waals surface area contributed by atoms with Crippen molar-refractivity contribution in [3.63, 3.8) is 0 Å². The molecule has 180 valence electrons. The van der Waals surface area contributed by atoms with Gasteiger partial charge in [0.25, 0.3) is 11.8 Å². The lowest BCUT2D eigenvalue weighted by atomic mass is 9.84.